The molecule has 0 bridgehead atoms. The van der Waals surface area contributed by atoms with Gasteiger partial charge in [0.2, 0.25) is 0 Å². The van der Waals surface area contributed by atoms with E-state index >= 15 is 0 Å². The van der Waals surface area contributed by atoms with Crippen LogP contribution in [0.4, 0.5) is 0 Å². The van der Waals surface area contributed by atoms with E-state index in [1.807, 2.05) is 6.92 Å². The van der Waals surface area contributed by atoms with Gasteiger partial charge in [-0.25, -0.2) is 0 Å². The zero-order chi connectivity index (χ0) is 8.36. The summed E-state index contributed by atoms with van der Waals surface area (Å²) in [5.74, 6) is 0. The molecule has 2 heteroatoms. The molecule has 0 radical (unpaired) electrons. The Labute approximate surface area is 69.4 Å². The number of piperidine rings is 1. The average molecular weight is 157 g/mol. The number of aldehydes is 1. The molecule has 66 valence electrons. The molecule has 1 aliphatic rings. The van der Waals surface area contributed by atoms with Crippen LogP contribution in [0.3, 0.4) is 0 Å². The fourth-order valence-electron chi connectivity index (χ4n) is 0.920. The minimum absolute atomic E-state index is 0.708. The summed E-state index contributed by atoms with van der Waals surface area (Å²) in [5.41, 5.74) is 0. The lowest BCUT2D eigenvalue weighted by Gasteiger charge is -2.08. The van der Waals surface area contributed by atoms with Gasteiger partial charge in [0.05, 0.1) is 0 Å². The second-order valence-electron chi connectivity index (χ2n) is 2.77. The van der Waals surface area contributed by atoms with Crippen LogP contribution in [0, 0.1) is 0 Å². The van der Waals surface area contributed by atoms with Gasteiger partial charge in [-0.3, -0.25) is 0 Å². The van der Waals surface area contributed by atoms with Crippen molar-refractivity contribution in [2.75, 3.05) is 13.1 Å². The van der Waals surface area contributed by atoms with Crippen molar-refractivity contribution in [1.29, 1.82) is 0 Å². The van der Waals surface area contributed by atoms with Crippen LogP contribution in [0.5, 0.6) is 0 Å². The second-order valence-corrected chi connectivity index (χ2v) is 2.77. The van der Waals surface area contributed by atoms with Crippen LogP contribution < -0.4 is 5.32 Å². The summed E-state index contributed by atoms with van der Waals surface area (Å²) in [7, 11) is 0. The first-order chi connectivity index (χ1) is 5.41. The summed E-state index contributed by atoms with van der Waals surface area (Å²) >= 11 is 0. The van der Waals surface area contributed by atoms with E-state index in [1.165, 1.54) is 32.4 Å². The number of hydrogen-bond acceptors (Lipinski definition) is 2. The molecule has 0 unspecified atom stereocenters. The van der Waals surface area contributed by atoms with E-state index < -0.39 is 0 Å². The van der Waals surface area contributed by atoms with Crippen molar-refractivity contribution in [3.8, 4) is 0 Å². The maximum absolute atomic E-state index is 9.40. The Morgan fingerprint density at radius 2 is 1.91 bits per heavy atom. The van der Waals surface area contributed by atoms with E-state index in [9.17, 15) is 4.79 Å². The first-order valence-electron chi connectivity index (χ1n) is 4.56. The molecule has 0 aliphatic carbocycles. The molecule has 1 aliphatic heterocycles. The molecule has 1 heterocycles. The molecule has 0 atom stereocenters. The highest BCUT2D eigenvalue weighted by Gasteiger charge is 1.93. The smallest absolute Gasteiger partial charge is 0.119 e. The molecule has 0 amide bonds. The summed E-state index contributed by atoms with van der Waals surface area (Å²) in [6.07, 6.45) is 6.83. The Morgan fingerprint density at radius 1 is 1.27 bits per heavy atom. The highest BCUT2D eigenvalue weighted by Crippen LogP contribution is 1.96. The molecule has 0 aromatic carbocycles. The molecule has 1 fully saturated rings. The predicted molar refractivity (Wildman–Crippen MR) is 47.7 cm³/mol. The largest absolute Gasteiger partial charge is 0.317 e. The number of rotatable bonds is 2. The molecular weight excluding hydrogens is 138 g/mol. The molecular formula is C9H19NO. The van der Waals surface area contributed by atoms with E-state index in [0.29, 0.717) is 6.42 Å². The van der Waals surface area contributed by atoms with Crippen molar-refractivity contribution in [2.24, 2.45) is 0 Å². The van der Waals surface area contributed by atoms with Gasteiger partial charge in [0.15, 0.2) is 0 Å². The van der Waals surface area contributed by atoms with Crippen molar-refractivity contribution < 1.29 is 4.79 Å². The topological polar surface area (TPSA) is 29.1 Å². The lowest BCUT2D eigenvalue weighted by molar-refractivity contribution is -0.107. The van der Waals surface area contributed by atoms with Crippen molar-refractivity contribution in [1.82, 2.24) is 5.32 Å². The van der Waals surface area contributed by atoms with Crippen LogP contribution in [0.15, 0.2) is 0 Å². The Bertz CT molecular complexity index is 68.1. The zero-order valence-corrected chi connectivity index (χ0v) is 7.44. The Morgan fingerprint density at radius 3 is 2.00 bits per heavy atom. The summed E-state index contributed by atoms with van der Waals surface area (Å²) in [6, 6.07) is 0. The molecule has 0 spiro atoms. The minimum atomic E-state index is 0.708. The van der Waals surface area contributed by atoms with E-state index in [-0.39, 0.29) is 0 Å². The normalized spacial score (nSPS) is 16.5. The second kappa shape index (κ2) is 9.63. The van der Waals surface area contributed by atoms with Gasteiger partial charge < -0.3 is 10.1 Å². The van der Waals surface area contributed by atoms with Gasteiger partial charge in [-0.15, -0.1) is 0 Å². The quantitative estimate of drug-likeness (QED) is 0.619. The molecule has 0 aromatic rings. The third-order valence-corrected chi connectivity index (χ3v) is 1.61. The summed E-state index contributed by atoms with van der Waals surface area (Å²) < 4.78 is 0. The summed E-state index contributed by atoms with van der Waals surface area (Å²) in [5, 5.41) is 3.28. The first-order valence-corrected chi connectivity index (χ1v) is 4.56. The van der Waals surface area contributed by atoms with E-state index in [4.69, 9.17) is 0 Å². The third-order valence-electron chi connectivity index (χ3n) is 1.61. The maximum Gasteiger partial charge on any atom is 0.119 e. The monoisotopic (exact) mass is 157 g/mol. The Kier molecular flexibility index (Phi) is 9.31. The number of carbonyl (C=O) groups excluding carboxylic acids is 1. The fourth-order valence-corrected chi connectivity index (χ4v) is 0.920. The molecule has 1 rings (SSSR count). The van der Waals surface area contributed by atoms with Crippen molar-refractivity contribution in [3.05, 3.63) is 0 Å². The average Bonchev–Trinajstić information content (AvgIpc) is 2.10. The van der Waals surface area contributed by atoms with E-state index in [1.54, 1.807) is 0 Å². The van der Waals surface area contributed by atoms with Gasteiger partial charge in [0, 0.05) is 6.42 Å². The molecule has 1 saturated heterocycles. The van der Waals surface area contributed by atoms with Gasteiger partial charge >= 0.3 is 0 Å². The highest BCUT2D eigenvalue weighted by atomic mass is 16.1. The van der Waals surface area contributed by atoms with Crippen LogP contribution in [-0.2, 0) is 4.79 Å². The van der Waals surface area contributed by atoms with Crippen molar-refractivity contribution in [2.45, 2.75) is 39.0 Å². The number of unbranched alkanes of at least 4 members (excludes halogenated alkanes) is 1. The SMILES string of the molecule is C1CCNCC1.CCCC=O. The molecule has 0 saturated carbocycles. The van der Waals surface area contributed by atoms with Gasteiger partial charge in [-0.2, -0.15) is 0 Å². The van der Waals surface area contributed by atoms with Crippen LogP contribution >= 0.6 is 0 Å². The third kappa shape index (κ3) is 9.63. The molecule has 11 heavy (non-hydrogen) atoms. The zero-order valence-electron chi connectivity index (χ0n) is 7.44. The van der Waals surface area contributed by atoms with E-state index in [2.05, 4.69) is 5.32 Å². The molecule has 1 N–H and O–H groups in total. The Balaban J connectivity index is 0.000000187. The van der Waals surface area contributed by atoms with Gasteiger partial charge in [-0.05, 0) is 32.4 Å². The number of nitrogens with one attached hydrogen (secondary N) is 1. The predicted octanol–water partition coefficient (Wildman–Crippen LogP) is 1.75. The number of carbonyl (C=O) groups is 1. The molecule has 2 nitrogen and oxygen atoms in total. The first kappa shape index (κ1) is 10.6. The van der Waals surface area contributed by atoms with Crippen molar-refractivity contribution >= 4 is 6.29 Å². The van der Waals surface area contributed by atoms with Crippen LogP contribution in [-0.4, -0.2) is 19.4 Å². The van der Waals surface area contributed by atoms with Gasteiger partial charge in [0.1, 0.15) is 6.29 Å². The van der Waals surface area contributed by atoms with Gasteiger partial charge in [-0.1, -0.05) is 13.3 Å². The highest BCUT2D eigenvalue weighted by molar-refractivity contribution is 5.48. The standard InChI is InChI=1S/C5H11N.C4H8O/c1-2-4-6-5-3-1;1-2-3-4-5/h6H,1-5H2;4H,2-3H2,1H3. The van der Waals surface area contributed by atoms with Gasteiger partial charge in [0.25, 0.3) is 0 Å². The van der Waals surface area contributed by atoms with Crippen LogP contribution in [0.1, 0.15) is 39.0 Å². The minimum Gasteiger partial charge on any atom is -0.317 e. The summed E-state index contributed by atoms with van der Waals surface area (Å²) in [6.45, 7) is 4.48. The number of hydrogen-bond donors (Lipinski definition) is 1. The van der Waals surface area contributed by atoms with Crippen molar-refractivity contribution in [3.63, 3.8) is 0 Å². The Hall–Kier alpha value is -0.370. The van der Waals surface area contributed by atoms with Crippen LogP contribution in [0.2, 0.25) is 0 Å². The van der Waals surface area contributed by atoms with E-state index in [0.717, 1.165) is 12.7 Å². The molecule has 0 aromatic heterocycles. The lowest BCUT2D eigenvalue weighted by atomic mass is 10.2. The fraction of sp³-hybridized carbons (Fsp3) is 0.889. The summed E-state index contributed by atoms with van der Waals surface area (Å²) in [4.78, 5) is 9.40. The maximum atomic E-state index is 9.40. The van der Waals surface area contributed by atoms with Crippen LogP contribution in [0.25, 0.3) is 0 Å². The lowest BCUT2D eigenvalue weighted by Crippen LogP contribution is -2.21.